The number of hydrogen-bond acceptors (Lipinski definition) is 2. The van der Waals surface area contributed by atoms with Crippen LogP contribution < -0.4 is 4.74 Å². The quantitative estimate of drug-likeness (QED) is 0.682. The molecule has 2 unspecified atom stereocenters. The number of benzene rings is 1. The van der Waals surface area contributed by atoms with Crippen LogP contribution in [0.3, 0.4) is 0 Å². The summed E-state index contributed by atoms with van der Waals surface area (Å²) in [7, 11) is 0. The average molecular weight is 298 g/mol. The summed E-state index contributed by atoms with van der Waals surface area (Å²) < 4.78 is 6.27. The number of hydrogen-bond donors (Lipinski definition) is 1. The lowest BCUT2D eigenvalue weighted by Crippen LogP contribution is -2.98. The maximum atomic E-state index is 11.0. The first-order valence-electron chi connectivity index (χ1n) is 9.58. The second-order valence-corrected chi connectivity index (χ2v) is 10.0. The molecule has 1 N–H and O–H groups in total. The van der Waals surface area contributed by atoms with Gasteiger partial charge in [-0.3, -0.25) is 0 Å². The Bertz CT molecular complexity index is 881. The number of rotatable bonds is 4. The van der Waals surface area contributed by atoms with E-state index in [0.717, 1.165) is 70.3 Å². The van der Waals surface area contributed by atoms with Crippen molar-refractivity contribution >= 4 is 70.3 Å². The van der Waals surface area contributed by atoms with Gasteiger partial charge in [0.25, 0.3) is 0 Å². The average Bonchev–Trinajstić information content (AvgIpc) is 3.26. The van der Waals surface area contributed by atoms with Gasteiger partial charge in [-0.1, -0.05) is 12.1 Å². The zero-order chi connectivity index (χ0) is 15.7. The largest absolute Gasteiger partial charge is 0.495 e. The molecule has 0 spiro atoms. The molecule has 0 aliphatic carbocycles. The molecule has 2 atom stereocenters. The molecule has 0 bridgehead atoms. The third kappa shape index (κ3) is 0.855. The molecule has 7 aliphatic heterocycles. The Labute approximate surface area is 144 Å². The molecule has 1 aromatic carbocycles. The summed E-state index contributed by atoms with van der Waals surface area (Å²) in [6.07, 6.45) is 7.76. The fourth-order valence-corrected chi connectivity index (χ4v) is 10.2. The van der Waals surface area contributed by atoms with Gasteiger partial charge in [0, 0.05) is 57.7 Å². The monoisotopic (exact) mass is 300 g/mol. The van der Waals surface area contributed by atoms with Crippen molar-refractivity contribution in [2.45, 2.75) is 17.4 Å². The molecule has 0 saturated carbocycles. The minimum atomic E-state index is -0.873. The van der Waals surface area contributed by atoms with Crippen LogP contribution in [0.25, 0.3) is 0 Å². The van der Waals surface area contributed by atoms with Gasteiger partial charge in [0.2, 0.25) is 0 Å². The van der Waals surface area contributed by atoms with E-state index >= 15 is 0 Å². The minimum absolute atomic E-state index is 0.334. The third-order valence-corrected chi connectivity index (χ3v) is 10.4. The molecule has 7 aliphatic rings. The molecule has 102 valence electrons. The van der Waals surface area contributed by atoms with Gasteiger partial charge in [0.15, 0.2) is 0 Å². The van der Waals surface area contributed by atoms with Crippen molar-refractivity contribution in [3.63, 3.8) is 0 Å². The van der Waals surface area contributed by atoms with E-state index in [1.807, 2.05) is 12.1 Å². The lowest BCUT2D eigenvalue weighted by molar-refractivity contribution is 0.0697. The van der Waals surface area contributed by atoms with Crippen molar-refractivity contribution in [1.29, 1.82) is 0 Å². The van der Waals surface area contributed by atoms with Crippen molar-refractivity contribution in [3.05, 3.63) is 29.8 Å². The lowest BCUT2D eigenvalue weighted by Gasteiger charge is -2.65. The van der Waals surface area contributed by atoms with Gasteiger partial charge < -0.3 is 9.84 Å². The second kappa shape index (κ2) is 3.14. The predicted molar refractivity (Wildman–Crippen MR) is 107 cm³/mol. The number of carboxylic acids is 1. The third-order valence-electron chi connectivity index (χ3n) is 10.4. The minimum Gasteiger partial charge on any atom is -0.495 e. The maximum Gasteiger partial charge on any atom is 0.335 e. The van der Waals surface area contributed by atoms with E-state index in [9.17, 15) is 4.79 Å². The highest BCUT2D eigenvalue weighted by Gasteiger charge is 3.08. The van der Waals surface area contributed by atoms with Crippen LogP contribution in [0.15, 0.2) is 24.3 Å². The Balaban J connectivity index is 1.13. The van der Waals surface area contributed by atoms with Crippen LogP contribution in [0.2, 0.25) is 10.4 Å². The van der Waals surface area contributed by atoms with Gasteiger partial charge in [0.1, 0.15) is 5.75 Å². The molecule has 8 rings (SSSR count). The van der Waals surface area contributed by atoms with E-state index in [2.05, 4.69) is 6.92 Å². The lowest BCUT2D eigenvalue weighted by atomic mass is 8.24. The number of fused-ring (bicyclic) bond motifs is 7. The van der Waals surface area contributed by atoms with Crippen LogP contribution in [0.5, 0.6) is 5.75 Å². The predicted octanol–water partition coefficient (Wildman–Crippen LogP) is -1.59. The smallest absolute Gasteiger partial charge is 0.335 e. The van der Waals surface area contributed by atoms with Crippen LogP contribution in [0, 0.1) is 0 Å². The first-order valence-corrected chi connectivity index (χ1v) is 9.58. The van der Waals surface area contributed by atoms with Crippen LogP contribution in [0.4, 0.5) is 0 Å². The topological polar surface area (TPSA) is 46.5 Å². The van der Waals surface area contributed by atoms with Crippen molar-refractivity contribution in [2.24, 2.45) is 0 Å². The molecule has 3 nitrogen and oxygen atoms in total. The van der Waals surface area contributed by atoms with Crippen LogP contribution >= 0.6 is 0 Å². The summed E-state index contributed by atoms with van der Waals surface area (Å²) in [5.74, 6) is -0.0324. The van der Waals surface area contributed by atoms with E-state index in [-0.39, 0.29) is 0 Å². The molecule has 24 heavy (non-hydrogen) atoms. The van der Waals surface area contributed by atoms with Crippen molar-refractivity contribution in [1.82, 2.24) is 0 Å². The first-order chi connectivity index (χ1) is 11.6. The second-order valence-electron chi connectivity index (χ2n) is 10.0. The molecule has 0 aromatic heterocycles. The number of carboxylic acid groups (broad SMARTS) is 1. The van der Waals surface area contributed by atoms with Crippen LogP contribution in [-0.2, 0) is 0 Å². The first kappa shape index (κ1) is 12.5. The van der Waals surface area contributed by atoms with Crippen molar-refractivity contribution in [2.75, 3.05) is 6.61 Å². The Hall–Kier alpha value is -0.861. The van der Waals surface area contributed by atoms with E-state index in [4.69, 9.17) is 9.84 Å². The van der Waals surface area contributed by atoms with Gasteiger partial charge in [0.05, 0.1) is 18.8 Å². The summed E-state index contributed by atoms with van der Waals surface area (Å²) in [4.78, 5) is 11.0. The highest BCUT2D eigenvalue weighted by atomic mass is 16.5. The van der Waals surface area contributed by atoms with Gasteiger partial charge in [-0.15, -0.1) is 5.21 Å². The summed E-state index contributed by atoms with van der Waals surface area (Å²) in [6, 6.07) is 6.97. The molecule has 7 saturated heterocycles. The summed E-state index contributed by atoms with van der Waals surface area (Å²) >= 11 is 0. The van der Waals surface area contributed by atoms with E-state index in [1.165, 1.54) is 6.39 Å². The molecular weight excluding hydrogens is 288 g/mol. The van der Waals surface area contributed by atoms with Crippen molar-refractivity contribution in [3.8, 4) is 5.75 Å². The summed E-state index contributed by atoms with van der Waals surface area (Å²) in [5.41, 5.74) is 0.334. The Morgan fingerprint density at radius 3 is 2.33 bits per heavy atom. The maximum absolute atomic E-state index is 11.0. The van der Waals surface area contributed by atoms with Gasteiger partial charge in [-0.05, 0) is 24.3 Å². The summed E-state index contributed by atoms with van der Waals surface area (Å²) in [5, 5.41) is 10.1. The zero-order valence-corrected chi connectivity index (χ0v) is 13.6. The molecule has 13 heteroatoms. The number of carbonyl (C=O) groups is 1. The number of aromatic carboxylic acids is 1. The van der Waals surface area contributed by atoms with E-state index in [0.29, 0.717) is 16.0 Å². The van der Waals surface area contributed by atoms with Crippen molar-refractivity contribution < 1.29 is 14.6 Å². The Morgan fingerprint density at radius 2 is 1.62 bits per heavy atom. The van der Waals surface area contributed by atoms with Crippen LogP contribution in [-0.4, -0.2) is 82.0 Å². The summed E-state index contributed by atoms with van der Waals surface area (Å²) in [6.45, 7) is 6.44. The Morgan fingerprint density at radius 1 is 1.00 bits per heavy atom. The molecule has 0 radical (unpaired) electrons. The molecular formula is C11H10B10O3. The zero-order valence-electron chi connectivity index (χ0n) is 13.6. The van der Waals surface area contributed by atoms with Gasteiger partial charge in [-0.25, -0.2) is 4.79 Å². The fraction of sp³-hybridized carbons (Fsp3) is 0.364. The SMILES string of the molecule is CC12B3B4B5B4B4B5B5B3B1C2(COc1ccc(C(=O)O)cc1)B45. The fourth-order valence-electron chi connectivity index (χ4n) is 10.2. The Kier molecular flexibility index (Phi) is 1.63. The highest BCUT2D eigenvalue weighted by molar-refractivity contribution is 8.61. The molecule has 7 heterocycles. The molecule has 0 amide bonds. The number of ether oxygens (including phenoxy) is 1. The molecule has 7 fully saturated rings. The van der Waals surface area contributed by atoms with Gasteiger partial charge >= 0.3 is 5.97 Å². The molecule has 1 aromatic rings. The standard InChI is InChI=1S/C11H10B10O3/c1-10-11(6-24-8-4-2-7(3-5-8)9(22)23)12(10)15-13(10)16-19-18-14(11)17(15)20(18)21(16)19/h2-5H,6H2,1H3,(H,22,23). The van der Waals surface area contributed by atoms with Crippen LogP contribution in [0.1, 0.15) is 17.3 Å². The highest BCUT2D eigenvalue weighted by Crippen LogP contribution is 2.92. The van der Waals surface area contributed by atoms with E-state index in [1.54, 1.807) is 12.1 Å². The van der Waals surface area contributed by atoms with Gasteiger partial charge in [-0.2, -0.15) is 0 Å². The van der Waals surface area contributed by atoms with E-state index < -0.39 is 5.97 Å². The normalized spacial score (nSPS) is 35.7.